The van der Waals surface area contributed by atoms with E-state index in [4.69, 9.17) is 4.42 Å². The third-order valence-electron chi connectivity index (χ3n) is 4.26. The molecule has 0 saturated heterocycles. The number of nitrogens with zero attached hydrogens (tertiary/aromatic N) is 3. The first-order chi connectivity index (χ1) is 11.4. The first-order valence-electron chi connectivity index (χ1n) is 8.20. The lowest BCUT2D eigenvalue weighted by Gasteiger charge is -2.15. The summed E-state index contributed by atoms with van der Waals surface area (Å²) in [7, 11) is 1.80. The topological polar surface area (TPSA) is 59.2 Å². The molecule has 2 aromatic rings. The Morgan fingerprint density at radius 1 is 1.33 bits per heavy atom. The Morgan fingerprint density at radius 2 is 2.00 bits per heavy atom. The molecule has 0 aliphatic heterocycles. The fraction of sp³-hybridized carbons (Fsp3) is 0.500. The van der Waals surface area contributed by atoms with Gasteiger partial charge in [-0.15, -0.1) is 0 Å². The van der Waals surface area contributed by atoms with E-state index in [1.807, 2.05) is 32.0 Å². The molecule has 24 heavy (non-hydrogen) atoms. The molecule has 1 amide bonds. The molecule has 1 fully saturated rings. The predicted molar refractivity (Wildman–Crippen MR) is 93.9 cm³/mol. The number of aromatic nitrogens is 2. The number of aryl methyl sites for hydroxylation is 2. The van der Waals surface area contributed by atoms with Crippen LogP contribution in [0, 0.1) is 19.8 Å². The molecule has 128 valence electrons. The highest BCUT2D eigenvalue weighted by molar-refractivity contribution is 7.99. The van der Waals surface area contributed by atoms with E-state index in [2.05, 4.69) is 16.9 Å². The van der Waals surface area contributed by atoms with E-state index in [0.717, 1.165) is 28.8 Å². The summed E-state index contributed by atoms with van der Waals surface area (Å²) in [6, 6.07) is 5.94. The molecule has 0 N–H and O–H groups in total. The predicted octanol–water partition coefficient (Wildman–Crippen LogP) is 3.56. The van der Waals surface area contributed by atoms with Crippen LogP contribution in [-0.4, -0.2) is 33.6 Å². The number of thioether (sulfide) groups is 1. The Kier molecular flexibility index (Phi) is 4.94. The molecule has 0 aromatic carbocycles. The summed E-state index contributed by atoms with van der Waals surface area (Å²) in [5.41, 5.74) is 1.84. The third kappa shape index (κ3) is 4.17. The van der Waals surface area contributed by atoms with E-state index in [1.165, 1.54) is 18.2 Å². The lowest BCUT2D eigenvalue weighted by Crippen LogP contribution is -2.27. The maximum atomic E-state index is 12.3. The second-order valence-corrected chi connectivity index (χ2v) is 7.54. The average Bonchev–Trinajstić information content (AvgIpc) is 3.06. The van der Waals surface area contributed by atoms with Crippen LogP contribution < -0.4 is 0 Å². The Balaban J connectivity index is 1.52. The van der Waals surface area contributed by atoms with Gasteiger partial charge in [-0.2, -0.15) is 0 Å². The highest BCUT2D eigenvalue weighted by atomic mass is 32.2. The van der Waals surface area contributed by atoms with Crippen LogP contribution >= 0.6 is 11.8 Å². The van der Waals surface area contributed by atoms with Gasteiger partial charge in [-0.1, -0.05) is 18.7 Å². The van der Waals surface area contributed by atoms with Gasteiger partial charge < -0.3 is 9.32 Å². The number of furan rings is 1. The van der Waals surface area contributed by atoms with Gasteiger partial charge in [0.2, 0.25) is 5.91 Å². The van der Waals surface area contributed by atoms with Crippen LogP contribution in [0.2, 0.25) is 0 Å². The van der Waals surface area contributed by atoms with Crippen molar-refractivity contribution in [2.75, 3.05) is 12.8 Å². The molecule has 0 radical (unpaired) electrons. The molecule has 0 bridgehead atoms. The van der Waals surface area contributed by atoms with Crippen LogP contribution in [0.15, 0.2) is 27.8 Å². The molecule has 1 aliphatic rings. The number of hydrogen-bond acceptors (Lipinski definition) is 5. The zero-order valence-electron chi connectivity index (χ0n) is 14.6. The monoisotopic (exact) mass is 345 g/mol. The van der Waals surface area contributed by atoms with Crippen molar-refractivity contribution in [1.29, 1.82) is 0 Å². The minimum absolute atomic E-state index is 0.0421. The molecule has 1 aliphatic carbocycles. The number of carbonyl (C=O) groups excluding carboxylic acids is 1. The number of rotatable bonds is 6. The Hall–Kier alpha value is -1.82. The quantitative estimate of drug-likeness (QED) is 0.592. The molecular formula is C18H23N3O2S. The minimum atomic E-state index is 0.0421. The van der Waals surface area contributed by atoms with Crippen molar-refractivity contribution < 1.29 is 9.21 Å². The summed E-state index contributed by atoms with van der Waals surface area (Å²) >= 11 is 1.37. The van der Waals surface area contributed by atoms with Crippen molar-refractivity contribution in [3.63, 3.8) is 0 Å². The molecule has 0 spiro atoms. The smallest absolute Gasteiger partial charge is 0.233 e. The first kappa shape index (κ1) is 17.0. The van der Waals surface area contributed by atoms with Crippen molar-refractivity contribution in [3.05, 3.63) is 41.1 Å². The Labute approximate surface area is 146 Å². The number of carbonyl (C=O) groups is 1. The Bertz CT molecular complexity index is 723. The normalized spacial score (nSPS) is 19.3. The molecule has 5 nitrogen and oxygen atoms in total. The zero-order valence-corrected chi connectivity index (χ0v) is 15.4. The fourth-order valence-electron chi connectivity index (χ4n) is 2.71. The maximum Gasteiger partial charge on any atom is 0.233 e. The van der Waals surface area contributed by atoms with Crippen LogP contribution in [0.1, 0.15) is 42.2 Å². The second kappa shape index (κ2) is 6.97. The summed E-state index contributed by atoms with van der Waals surface area (Å²) in [4.78, 5) is 22.7. The van der Waals surface area contributed by atoms with Gasteiger partial charge in [0.15, 0.2) is 5.16 Å². The van der Waals surface area contributed by atoms with E-state index in [9.17, 15) is 4.79 Å². The Morgan fingerprint density at radius 3 is 2.62 bits per heavy atom. The lowest BCUT2D eigenvalue weighted by atomic mass is 10.3. The summed E-state index contributed by atoms with van der Waals surface area (Å²) in [6.45, 7) is 6.59. The van der Waals surface area contributed by atoms with E-state index in [0.29, 0.717) is 23.4 Å². The van der Waals surface area contributed by atoms with Gasteiger partial charge >= 0.3 is 0 Å². The van der Waals surface area contributed by atoms with Gasteiger partial charge in [-0.25, -0.2) is 9.97 Å². The van der Waals surface area contributed by atoms with Gasteiger partial charge in [0.05, 0.1) is 12.3 Å². The van der Waals surface area contributed by atoms with Crippen LogP contribution in [0.4, 0.5) is 0 Å². The molecule has 2 atom stereocenters. The van der Waals surface area contributed by atoms with Crippen molar-refractivity contribution >= 4 is 17.7 Å². The first-order valence-corrected chi connectivity index (χ1v) is 9.18. The van der Waals surface area contributed by atoms with Crippen molar-refractivity contribution in [2.24, 2.45) is 5.92 Å². The third-order valence-corrected chi connectivity index (χ3v) is 5.09. The summed E-state index contributed by atoms with van der Waals surface area (Å²) in [6.07, 6.45) is 1.20. The van der Waals surface area contributed by atoms with Gasteiger partial charge in [0.25, 0.3) is 0 Å². The fourth-order valence-corrected chi connectivity index (χ4v) is 3.60. The molecule has 6 heteroatoms. The summed E-state index contributed by atoms with van der Waals surface area (Å²) in [5.74, 6) is 3.55. The largest absolute Gasteiger partial charge is 0.464 e. The average molecular weight is 345 g/mol. The van der Waals surface area contributed by atoms with Crippen molar-refractivity contribution in [3.8, 4) is 0 Å². The lowest BCUT2D eigenvalue weighted by molar-refractivity contribution is -0.127. The van der Waals surface area contributed by atoms with Gasteiger partial charge in [-0.05, 0) is 44.4 Å². The van der Waals surface area contributed by atoms with Crippen molar-refractivity contribution in [2.45, 2.75) is 44.8 Å². The summed E-state index contributed by atoms with van der Waals surface area (Å²) < 4.78 is 5.87. The molecule has 1 saturated carbocycles. The van der Waals surface area contributed by atoms with E-state index >= 15 is 0 Å². The highest BCUT2D eigenvalue weighted by Gasteiger charge is 2.36. The SMILES string of the molecule is Cc1cc(C)nc(SCC(=O)N(C)Cc2ccc([C@H]3C[C@@H]3C)o2)n1. The van der Waals surface area contributed by atoms with Crippen LogP contribution in [0.3, 0.4) is 0 Å². The summed E-state index contributed by atoms with van der Waals surface area (Å²) in [5, 5.41) is 0.650. The molecule has 3 rings (SSSR count). The van der Waals surface area contributed by atoms with Crippen LogP contribution in [0.5, 0.6) is 0 Å². The van der Waals surface area contributed by atoms with E-state index in [-0.39, 0.29) is 5.91 Å². The van der Waals surface area contributed by atoms with Gasteiger partial charge in [-0.3, -0.25) is 4.79 Å². The number of amides is 1. The molecule has 0 unspecified atom stereocenters. The van der Waals surface area contributed by atoms with Gasteiger partial charge in [0, 0.05) is 24.4 Å². The number of hydrogen-bond donors (Lipinski definition) is 0. The molecule has 2 aromatic heterocycles. The maximum absolute atomic E-state index is 12.3. The van der Waals surface area contributed by atoms with E-state index < -0.39 is 0 Å². The molecule has 2 heterocycles. The van der Waals surface area contributed by atoms with Crippen molar-refractivity contribution in [1.82, 2.24) is 14.9 Å². The minimum Gasteiger partial charge on any atom is -0.464 e. The van der Waals surface area contributed by atoms with Crippen LogP contribution in [0.25, 0.3) is 0 Å². The molecular weight excluding hydrogens is 322 g/mol. The van der Waals surface area contributed by atoms with Gasteiger partial charge in [0.1, 0.15) is 11.5 Å². The van der Waals surface area contributed by atoms with Crippen LogP contribution in [-0.2, 0) is 11.3 Å². The second-order valence-electron chi connectivity index (χ2n) is 6.60. The van der Waals surface area contributed by atoms with E-state index in [1.54, 1.807) is 11.9 Å². The highest BCUT2D eigenvalue weighted by Crippen LogP contribution is 2.47. The zero-order chi connectivity index (χ0) is 17.3. The standard InChI is InChI=1S/C18H23N3O2S/c1-11-7-15(11)16-6-5-14(23-16)9-21(4)17(22)10-24-18-19-12(2)8-13(3)20-18/h5-6,8,11,15H,7,9-10H2,1-4H3/t11-,15-/m0/s1.